The average molecular weight is 378 g/mol. The third-order valence-corrected chi connectivity index (χ3v) is 4.44. The summed E-state index contributed by atoms with van der Waals surface area (Å²) in [5, 5.41) is 3.26. The molecule has 1 aromatic carbocycles. The average Bonchev–Trinajstić information content (AvgIpc) is 2.70. The van der Waals surface area contributed by atoms with Crippen LogP contribution < -0.4 is 15.8 Å². The largest absolute Gasteiger partial charge is 0.421 e. The third-order valence-electron chi connectivity index (χ3n) is 4.44. The number of hydrogen-bond acceptors (Lipinski definition) is 7. The van der Waals surface area contributed by atoms with Gasteiger partial charge in [0.2, 0.25) is 0 Å². The topological polar surface area (TPSA) is 98.8 Å². The molecule has 0 bridgehead atoms. The summed E-state index contributed by atoms with van der Waals surface area (Å²) in [5.41, 5.74) is 9.85. The van der Waals surface area contributed by atoms with Crippen molar-refractivity contribution in [3.05, 3.63) is 60.1 Å². The van der Waals surface area contributed by atoms with Gasteiger partial charge in [0.05, 0.1) is 11.3 Å². The lowest BCUT2D eigenvalue weighted by atomic mass is 9.96. The van der Waals surface area contributed by atoms with Crippen molar-refractivity contribution >= 4 is 11.4 Å². The molecule has 4 rings (SSSR count). The summed E-state index contributed by atoms with van der Waals surface area (Å²) in [4.78, 5) is 16.6. The van der Waals surface area contributed by atoms with E-state index in [0.29, 0.717) is 16.9 Å². The zero-order valence-corrected chi connectivity index (χ0v) is 15.3. The van der Waals surface area contributed by atoms with E-state index in [1.807, 2.05) is 6.92 Å². The summed E-state index contributed by atoms with van der Waals surface area (Å²) >= 11 is 0. The number of hydrogen-bond donors (Lipinski definition) is 2. The Labute approximate surface area is 161 Å². The van der Waals surface area contributed by atoms with E-state index >= 15 is 0 Å². The molecule has 1 aliphatic heterocycles. The Morgan fingerprint density at radius 3 is 2.82 bits per heavy atom. The zero-order chi connectivity index (χ0) is 19.5. The fraction of sp³-hybridized carbons (Fsp3) is 0.200. The van der Waals surface area contributed by atoms with Crippen molar-refractivity contribution in [1.82, 2.24) is 25.3 Å². The molecule has 3 heterocycles. The van der Waals surface area contributed by atoms with Crippen LogP contribution in [0, 0.1) is 12.7 Å². The van der Waals surface area contributed by atoms with Gasteiger partial charge in [0.25, 0.3) is 0 Å². The number of halogens is 1. The highest BCUT2D eigenvalue weighted by molar-refractivity contribution is 5.85. The standard InChI is InChI=1S/C20H19FN6O/c1-12-4-9-24-20(27-12)28-16-3-2-14(10-15(16)21)17-18(25-11-26-19(17)22)13-5-7-23-8-6-13/h2-5,9-11,23H,6-8H2,1H3,(H2,22,25,26). The maximum Gasteiger partial charge on any atom is 0.322 e. The number of aromatic nitrogens is 4. The van der Waals surface area contributed by atoms with Gasteiger partial charge >= 0.3 is 6.01 Å². The Bertz CT molecular complexity index is 1050. The highest BCUT2D eigenvalue weighted by Gasteiger charge is 2.18. The maximum absolute atomic E-state index is 14.7. The first-order valence-corrected chi connectivity index (χ1v) is 8.90. The van der Waals surface area contributed by atoms with E-state index in [0.717, 1.165) is 36.5 Å². The minimum absolute atomic E-state index is 0.0346. The molecule has 0 radical (unpaired) electrons. The van der Waals surface area contributed by atoms with E-state index in [2.05, 4.69) is 31.3 Å². The number of benzene rings is 1. The van der Waals surface area contributed by atoms with Crippen LogP contribution in [0.4, 0.5) is 10.2 Å². The number of nitrogens with two attached hydrogens (primary N) is 1. The number of ether oxygens (including phenoxy) is 1. The Kier molecular flexibility index (Phi) is 4.94. The summed E-state index contributed by atoms with van der Waals surface area (Å²) < 4.78 is 20.2. The van der Waals surface area contributed by atoms with Gasteiger partial charge in [0, 0.05) is 18.4 Å². The lowest BCUT2D eigenvalue weighted by Crippen LogP contribution is -2.20. The van der Waals surface area contributed by atoms with Crippen LogP contribution >= 0.6 is 0 Å². The molecule has 0 fully saturated rings. The van der Waals surface area contributed by atoms with Crippen LogP contribution in [-0.2, 0) is 0 Å². The van der Waals surface area contributed by atoms with E-state index in [1.54, 1.807) is 18.3 Å². The molecule has 0 amide bonds. The second-order valence-corrected chi connectivity index (χ2v) is 6.39. The van der Waals surface area contributed by atoms with Crippen LogP contribution in [-0.4, -0.2) is 33.0 Å². The smallest absolute Gasteiger partial charge is 0.322 e. The Morgan fingerprint density at radius 2 is 2.07 bits per heavy atom. The number of nitrogens with one attached hydrogen (secondary N) is 1. The first-order chi connectivity index (χ1) is 13.6. The molecule has 142 valence electrons. The molecule has 0 saturated heterocycles. The molecular formula is C20H19FN6O. The summed E-state index contributed by atoms with van der Waals surface area (Å²) in [7, 11) is 0. The minimum Gasteiger partial charge on any atom is -0.421 e. The highest BCUT2D eigenvalue weighted by atomic mass is 19.1. The lowest BCUT2D eigenvalue weighted by Gasteiger charge is -2.17. The molecule has 0 atom stereocenters. The van der Waals surface area contributed by atoms with Crippen molar-refractivity contribution in [1.29, 1.82) is 0 Å². The fourth-order valence-corrected chi connectivity index (χ4v) is 3.08. The zero-order valence-electron chi connectivity index (χ0n) is 15.3. The Morgan fingerprint density at radius 1 is 1.18 bits per heavy atom. The molecule has 8 heteroatoms. The third kappa shape index (κ3) is 3.67. The predicted octanol–water partition coefficient (Wildman–Crippen LogP) is 3.13. The van der Waals surface area contributed by atoms with E-state index in [4.69, 9.17) is 10.5 Å². The van der Waals surface area contributed by atoms with Gasteiger partial charge in [-0.25, -0.2) is 24.3 Å². The van der Waals surface area contributed by atoms with Crippen molar-refractivity contribution in [2.45, 2.75) is 13.3 Å². The van der Waals surface area contributed by atoms with Crippen molar-refractivity contribution in [3.63, 3.8) is 0 Å². The van der Waals surface area contributed by atoms with Gasteiger partial charge < -0.3 is 15.8 Å². The summed E-state index contributed by atoms with van der Waals surface area (Å²) in [6.07, 6.45) is 5.88. The second kappa shape index (κ2) is 7.69. The van der Waals surface area contributed by atoms with E-state index in [9.17, 15) is 4.39 Å². The van der Waals surface area contributed by atoms with Gasteiger partial charge in [-0.15, -0.1) is 0 Å². The summed E-state index contributed by atoms with van der Waals surface area (Å²) in [5.74, 6) is -0.206. The van der Waals surface area contributed by atoms with E-state index < -0.39 is 5.82 Å². The molecule has 2 aromatic heterocycles. The van der Waals surface area contributed by atoms with Crippen LogP contribution in [0.15, 0.2) is 42.9 Å². The number of nitrogens with zero attached hydrogens (tertiary/aromatic N) is 4. The molecule has 0 saturated carbocycles. The van der Waals surface area contributed by atoms with Crippen LogP contribution in [0.2, 0.25) is 0 Å². The monoisotopic (exact) mass is 378 g/mol. The molecule has 7 nitrogen and oxygen atoms in total. The highest BCUT2D eigenvalue weighted by Crippen LogP contribution is 2.35. The van der Waals surface area contributed by atoms with Gasteiger partial charge in [-0.1, -0.05) is 12.1 Å². The number of aryl methyl sites for hydroxylation is 1. The van der Waals surface area contributed by atoms with Crippen molar-refractivity contribution < 1.29 is 9.13 Å². The van der Waals surface area contributed by atoms with Crippen LogP contribution in [0.25, 0.3) is 16.7 Å². The molecule has 3 N–H and O–H groups in total. The van der Waals surface area contributed by atoms with Gasteiger partial charge in [-0.05, 0) is 49.2 Å². The number of rotatable bonds is 4. The molecule has 0 spiro atoms. The second-order valence-electron chi connectivity index (χ2n) is 6.39. The van der Waals surface area contributed by atoms with Crippen LogP contribution in [0.3, 0.4) is 0 Å². The molecular weight excluding hydrogens is 359 g/mol. The molecule has 0 unspecified atom stereocenters. The fourth-order valence-electron chi connectivity index (χ4n) is 3.08. The number of nitrogen functional groups attached to an aromatic ring is 1. The lowest BCUT2D eigenvalue weighted by molar-refractivity contribution is 0.410. The maximum atomic E-state index is 14.7. The van der Waals surface area contributed by atoms with E-state index in [-0.39, 0.29) is 11.8 Å². The quantitative estimate of drug-likeness (QED) is 0.719. The molecule has 28 heavy (non-hydrogen) atoms. The van der Waals surface area contributed by atoms with Crippen LogP contribution in [0.1, 0.15) is 17.8 Å². The summed E-state index contributed by atoms with van der Waals surface area (Å²) in [6, 6.07) is 6.46. The van der Waals surface area contributed by atoms with Gasteiger partial charge in [0.15, 0.2) is 11.6 Å². The number of anilines is 1. The summed E-state index contributed by atoms with van der Waals surface area (Å²) in [6.45, 7) is 3.42. The molecule has 1 aliphatic rings. The van der Waals surface area contributed by atoms with Gasteiger partial charge in [-0.3, -0.25) is 0 Å². The Balaban J connectivity index is 1.71. The normalized spacial score (nSPS) is 13.9. The van der Waals surface area contributed by atoms with Crippen molar-refractivity contribution in [2.24, 2.45) is 0 Å². The van der Waals surface area contributed by atoms with Crippen molar-refractivity contribution in [3.8, 4) is 22.9 Å². The van der Waals surface area contributed by atoms with E-state index in [1.165, 1.54) is 18.5 Å². The van der Waals surface area contributed by atoms with Gasteiger partial charge in [-0.2, -0.15) is 0 Å². The predicted molar refractivity (Wildman–Crippen MR) is 104 cm³/mol. The first-order valence-electron chi connectivity index (χ1n) is 8.90. The SMILES string of the molecule is Cc1ccnc(Oc2ccc(-c3c(N)ncnc3C3=CCNCC3)cc2F)n1. The van der Waals surface area contributed by atoms with Gasteiger partial charge in [0.1, 0.15) is 12.1 Å². The minimum atomic E-state index is -0.545. The first kappa shape index (κ1) is 18.0. The molecule has 3 aromatic rings. The molecule has 0 aliphatic carbocycles. The van der Waals surface area contributed by atoms with Crippen molar-refractivity contribution in [2.75, 3.05) is 18.8 Å². The van der Waals surface area contributed by atoms with Crippen LogP contribution in [0.5, 0.6) is 11.8 Å². The Hall–Kier alpha value is -3.39.